The van der Waals surface area contributed by atoms with E-state index in [0.29, 0.717) is 0 Å². The predicted molar refractivity (Wildman–Crippen MR) is 62.6 cm³/mol. The van der Waals surface area contributed by atoms with Crippen LogP contribution in [-0.4, -0.2) is 29.8 Å². The van der Waals surface area contributed by atoms with Crippen LogP contribution in [0.1, 0.15) is 47.0 Å². The van der Waals surface area contributed by atoms with Crippen molar-refractivity contribution in [3.8, 4) is 0 Å². The maximum absolute atomic E-state index is 11.6. The molecule has 5 heteroatoms. The van der Waals surface area contributed by atoms with Crippen LogP contribution in [0.25, 0.3) is 0 Å². The highest BCUT2D eigenvalue weighted by molar-refractivity contribution is 5.81. The van der Waals surface area contributed by atoms with Gasteiger partial charge in [-0.25, -0.2) is 9.59 Å². The van der Waals surface area contributed by atoms with E-state index in [4.69, 9.17) is 9.47 Å². The number of rotatable bonds is 3. The number of hydrogen-bond donors (Lipinski definition) is 1. The zero-order valence-corrected chi connectivity index (χ0v) is 10.9. The molecule has 0 aliphatic heterocycles. The van der Waals surface area contributed by atoms with Crippen molar-refractivity contribution in [1.82, 2.24) is 5.32 Å². The molecule has 17 heavy (non-hydrogen) atoms. The minimum Gasteiger partial charge on any atom is -0.461 e. The van der Waals surface area contributed by atoms with Crippen molar-refractivity contribution >= 4 is 12.1 Å². The Balaban J connectivity index is 2.29. The second-order valence-corrected chi connectivity index (χ2v) is 5.36. The number of hydrogen-bond acceptors (Lipinski definition) is 4. The number of carbonyl (C=O) groups excluding carboxylic acids is 2. The lowest BCUT2D eigenvalue weighted by molar-refractivity contribution is -0.155. The van der Waals surface area contributed by atoms with Crippen molar-refractivity contribution in [3.63, 3.8) is 0 Å². The second kappa shape index (κ2) is 5.38. The maximum Gasteiger partial charge on any atom is 0.408 e. The monoisotopic (exact) mass is 243 g/mol. The molecule has 1 fully saturated rings. The Bertz CT molecular complexity index is 291. The van der Waals surface area contributed by atoms with E-state index in [1.807, 2.05) is 0 Å². The average molecular weight is 243 g/mol. The zero-order chi connectivity index (χ0) is 13.1. The molecule has 0 aromatic carbocycles. The van der Waals surface area contributed by atoms with Crippen LogP contribution in [0.3, 0.4) is 0 Å². The normalized spacial score (nSPS) is 17.9. The van der Waals surface area contributed by atoms with E-state index < -0.39 is 23.7 Å². The Morgan fingerprint density at radius 1 is 1.29 bits per heavy atom. The fourth-order valence-corrected chi connectivity index (χ4v) is 1.30. The predicted octanol–water partition coefficient (Wildman–Crippen LogP) is 2.00. The second-order valence-electron chi connectivity index (χ2n) is 5.36. The van der Waals surface area contributed by atoms with Gasteiger partial charge in [-0.3, -0.25) is 0 Å². The molecule has 0 radical (unpaired) electrons. The van der Waals surface area contributed by atoms with Crippen LogP contribution in [0.4, 0.5) is 4.79 Å². The van der Waals surface area contributed by atoms with E-state index >= 15 is 0 Å². The molecule has 0 aromatic rings. The van der Waals surface area contributed by atoms with E-state index in [9.17, 15) is 9.59 Å². The van der Waals surface area contributed by atoms with Gasteiger partial charge < -0.3 is 14.8 Å². The fraction of sp³-hybridized carbons (Fsp3) is 0.833. The molecule has 1 saturated carbocycles. The molecule has 5 nitrogen and oxygen atoms in total. The average Bonchev–Trinajstić information content (AvgIpc) is 2.07. The van der Waals surface area contributed by atoms with Crippen molar-refractivity contribution in [1.29, 1.82) is 0 Å². The number of amides is 1. The Morgan fingerprint density at radius 3 is 2.29 bits per heavy atom. The fourth-order valence-electron chi connectivity index (χ4n) is 1.30. The van der Waals surface area contributed by atoms with Gasteiger partial charge in [0.25, 0.3) is 0 Å². The Labute approximate surface area is 102 Å². The zero-order valence-electron chi connectivity index (χ0n) is 10.9. The van der Waals surface area contributed by atoms with E-state index in [1.54, 1.807) is 27.7 Å². The molecule has 1 atom stereocenters. The summed E-state index contributed by atoms with van der Waals surface area (Å²) in [5.41, 5.74) is -0.568. The van der Waals surface area contributed by atoms with Crippen molar-refractivity contribution in [3.05, 3.63) is 0 Å². The molecule has 0 saturated heterocycles. The Hall–Kier alpha value is -1.26. The Morgan fingerprint density at radius 2 is 1.88 bits per heavy atom. The van der Waals surface area contributed by atoms with E-state index in [1.165, 1.54) is 0 Å². The van der Waals surface area contributed by atoms with Crippen molar-refractivity contribution in [2.75, 3.05) is 0 Å². The quantitative estimate of drug-likeness (QED) is 0.770. The smallest absolute Gasteiger partial charge is 0.408 e. The molecule has 1 N–H and O–H groups in total. The summed E-state index contributed by atoms with van der Waals surface area (Å²) in [6, 6.07) is -0.676. The summed E-state index contributed by atoms with van der Waals surface area (Å²) < 4.78 is 10.2. The summed E-state index contributed by atoms with van der Waals surface area (Å²) in [7, 11) is 0. The summed E-state index contributed by atoms with van der Waals surface area (Å²) in [5.74, 6) is -0.402. The molecule has 1 rings (SSSR count). The molecule has 0 heterocycles. The third kappa shape index (κ3) is 5.06. The van der Waals surface area contributed by atoms with Gasteiger partial charge in [0, 0.05) is 0 Å². The van der Waals surface area contributed by atoms with E-state index in [-0.39, 0.29) is 6.10 Å². The van der Waals surface area contributed by atoms with Gasteiger partial charge in [0.05, 0.1) is 0 Å². The SMILES string of the molecule is C[C@H](NC(=O)OC(C)(C)C)C(=O)OC1CCC1. The standard InChI is InChI=1S/C12H21NO4/c1-8(10(14)16-9-6-5-7-9)13-11(15)17-12(2,3)4/h8-9H,5-7H2,1-4H3,(H,13,15)/t8-/m0/s1. The largest absolute Gasteiger partial charge is 0.461 e. The van der Waals surface area contributed by atoms with Crippen molar-refractivity contribution < 1.29 is 19.1 Å². The van der Waals surface area contributed by atoms with Crippen LogP contribution in [0.15, 0.2) is 0 Å². The van der Waals surface area contributed by atoms with Crippen LogP contribution in [0.5, 0.6) is 0 Å². The van der Waals surface area contributed by atoms with Gasteiger partial charge in [-0.05, 0) is 47.0 Å². The van der Waals surface area contributed by atoms with Gasteiger partial charge in [0.15, 0.2) is 0 Å². The minimum absolute atomic E-state index is 0.0328. The highest BCUT2D eigenvalue weighted by atomic mass is 16.6. The molecule has 0 aromatic heterocycles. The van der Waals surface area contributed by atoms with Gasteiger partial charge >= 0.3 is 12.1 Å². The van der Waals surface area contributed by atoms with Crippen LogP contribution in [0.2, 0.25) is 0 Å². The number of nitrogens with one attached hydrogen (secondary N) is 1. The first-order chi connectivity index (χ1) is 7.78. The van der Waals surface area contributed by atoms with Gasteiger partial charge in [-0.1, -0.05) is 0 Å². The summed E-state index contributed by atoms with van der Waals surface area (Å²) in [5, 5.41) is 2.45. The molecular formula is C12H21NO4. The number of alkyl carbamates (subject to hydrolysis) is 1. The highest BCUT2D eigenvalue weighted by Crippen LogP contribution is 2.22. The van der Waals surface area contributed by atoms with Crippen LogP contribution < -0.4 is 5.32 Å². The summed E-state index contributed by atoms with van der Waals surface area (Å²) in [4.78, 5) is 23.0. The first kappa shape index (κ1) is 13.8. The van der Waals surface area contributed by atoms with Crippen LogP contribution in [0, 0.1) is 0 Å². The first-order valence-corrected chi connectivity index (χ1v) is 5.98. The lowest BCUT2D eigenvalue weighted by atomic mass is 9.96. The topological polar surface area (TPSA) is 64.6 Å². The molecule has 0 bridgehead atoms. The first-order valence-electron chi connectivity index (χ1n) is 5.98. The molecule has 1 aliphatic rings. The Kier molecular flexibility index (Phi) is 4.37. The van der Waals surface area contributed by atoms with E-state index in [0.717, 1.165) is 19.3 Å². The van der Waals surface area contributed by atoms with Gasteiger partial charge in [-0.15, -0.1) is 0 Å². The summed E-state index contributed by atoms with van der Waals surface area (Å²) >= 11 is 0. The van der Waals surface area contributed by atoms with Crippen LogP contribution >= 0.6 is 0 Å². The van der Waals surface area contributed by atoms with Gasteiger partial charge in [0.1, 0.15) is 17.7 Å². The maximum atomic E-state index is 11.6. The highest BCUT2D eigenvalue weighted by Gasteiger charge is 2.26. The number of esters is 1. The van der Waals surface area contributed by atoms with Gasteiger partial charge in [-0.2, -0.15) is 0 Å². The third-order valence-electron chi connectivity index (χ3n) is 2.42. The third-order valence-corrected chi connectivity index (χ3v) is 2.42. The molecule has 1 aliphatic carbocycles. The lowest BCUT2D eigenvalue weighted by Gasteiger charge is -2.27. The summed E-state index contributed by atoms with van der Waals surface area (Å²) in [6.07, 6.45) is 2.38. The summed E-state index contributed by atoms with van der Waals surface area (Å²) in [6.45, 7) is 6.89. The number of ether oxygens (including phenoxy) is 2. The molecular weight excluding hydrogens is 222 g/mol. The molecule has 0 unspecified atom stereocenters. The minimum atomic E-state index is -0.676. The van der Waals surface area contributed by atoms with Crippen LogP contribution in [-0.2, 0) is 14.3 Å². The molecule has 1 amide bonds. The number of carbonyl (C=O) groups is 2. The lowest BCUT2D eigenvalue weighted by Crippen LogP contribution is -2.44. The molecule has 0 spiro atoms. The van der Waals surface area contributed by atoms with Crippen molar-refractivity contribution in [2.24, 2.45) is 0 Å². The van der Waals surface area contributed by atoms with Crippen molar-refractivity contribution in [2.45, 2.75) is 64.7 Å². The van der Waals surface area contributed by atoms with Gasteiger partial charge in [0.2, 0.25) is 0 Å². The molecule has 98 valence electrons. The van der Waals surface area contributed by atoms with E-state index in [2.05, 4.69) is 5.32 Å².